The van der Waals surface area contributed by atoms with Crippen molar-refractivity contribution < 1.29 is 14.2 Å². The number of hydrogen-bond donors (Lipinski definition) is 2. The van der Waals surface area contributed by atoms with Gasteiger partial charge in [0.15, 0.2) is 0 Å². The molecule has 0 saturated heterocycles. The Morgan fingerprint density at radius 2 is 2.00 bits per heavy atom. The SMILES string of the molecule is C[C@@H](O)CNCc1cccc(OCc2ccccc2F)c1. The third-order valence-electron chi connectivity index (χ3n) is 3.02. The van der Waals surface area contributed by atoms with E-state index < -0.39 is 0 Å². The zero-order valence-corrected chi connectivity index (χ0v) is 12.1. The van der Waals surface area contributed by atoms with Crippen LogP contribution in [0.1, 0.15) is 18.1 Å². The molecule has 2 aromatic carbocycles. The summed E-state index contributed by atoms with van der Waals surface area (Å²) in [5.74, 6) is 0.446. The minimum Gasteiger partial charge on any atom is -0.489 e. The lowest BCUT2D eigenvalue weighted by molar-refractivity contribution is 0.191. The largest absolute Gasteiger partial charge is 0.489 e. The molecule has 0 spiro atoms. The van der Waals surface area contributed by atoms with Gasteiger partial charge in [-0.25, -0.2) is 4.39 Å². The van der Waals surface area contributed by atoms with Gasteiger partial charge in [-0.2, -0.15) is 0 Å². The van der Waals surface area contributed by atoms with Crippen molar-refractivity contribution in [3.8, 4) is 5.75 Å². The van der Waals surface area contributed by atoms with Crippen LogP contribution in [0.2, 0.25) is 0 Å². The highest BCUT2D eigenvalue weighted by atomic mass is 19.1. The Balaban J connectivity index is 1.90. The van der Waals surface area contributed by atoms with E-state index in [1.54, 1.807) is 25.1 Å². The van der Waals surface area contributed by atoms with Crippen molar-refractivity contribution in [3.63, 3.8) is 0 Å². The second-order valence-corrected chi connectivity index (χ2v) is 5.01. The molecule has 0 radical (unpaired) electrons. The molecule has 3 nitrogen and oxygen atoms in total. The van der Waals surface area contributed by atoms with E-state index in [1.807, 2.05) is 24.3 Å². The molecular formula is C17H20FNO2. The van der Waals surface area contributed by atoms with Crippen LogP contribution in [0.4, 0.5) is 4.39 Å². The lowest BCUT2D eigenvalue weighted by atomic mass is 10.2. The summed E-state index contributed by atoms with van der Waals surface area (Å²) in [6.45, 7) is 3.14. The zero-order chi connectivity index (χ0) is 15.1. The molecule has 2 rings (SSSR count). The molecule has 2 aromatic rings. The van der Waals surface area contributed by atoms with Gasteiger partial charge in [0.25, 0.3) is 0 Å². The highest BCUT2D eigenvalue weighted by Crippen LogP contribution is 2.16. The molecule has 0 bridgehead atoms. The molecule has 4 heteroatoms. The Hall–Kier alpha value is -1.91. The van der Waals surface area contributed by atoms with Crippen molar-refractivity contribution in [1.82, 2.24) is 5.32 Å². The van der Waals surface area contributed by atoms with Crippen molar-refractivity contribution in [3.05, 3.63) is 65.5 Å². The minimum absolute atomic E-state index is 0.206. The van der Waals surface area contributed by atoms with Crippen LogP contribution in [0.3, 0.4) is 0 Å². The van der Waals surface area contributed by atoms with Gasteiger partial charge in [-0.05, 0) is 30.7 Å². The summed E-state index contributed by atoms with van der Waals surface area (Å²) in [6.07, 6.45) is -0.370. The third-order valence-corrected chi connectivity index (χ3v) is 3.02. The Kier molecular flexibility index (Phi) is 5.72. The molecule has 112 valence electrons. The summed E-state index contributed by atoms with van der Waals surface area (Å²) in [7, 11) is 0. The number of nitrogens with one attached hydrogen (secondary N) is 1. The van der Waals surface area contributed by atoms with Gasteiger partial charge in [0.2, 0.25) is 0 Å². The van der Waals surface area contributed by atoms with Crippen LogP contribution in [0, 0.1) is 5.82 Å². The number of rotatable bonds is 7. The molecule has 1 atom stereocenters. The molecule has 0 saturated carbocycles. The lowest BCUT2D eigenvalue weighted by Crippen LogP contribution is -2.23. The number of ether oxygens (including phenoxy) is 1. The number of aliphatic hydroxyl groups excluding tert-OH is 1. The predicted molar refractivity (Wildman–Crippen MR) is 80.6 cm³/mol. The number of hydrogen-bond acceptors (Lipinski definition) is 3. The molecule has 2 N–H and O–H groups in total. The van der Waals surface area contributed by atoms with Crippen LogP contribution in [0.5, 0.6) is 5.75 Å². The molecule has 0 fully saturated rings. The summed E-state index contributed by atoms with van der Waals surface area (Å²) in [5, 5.41) is 12.3. The van der Waals surface area contributed by atoms with Crippen LogP contribution in [-0.2, 0) is 13.2 Å². The highest BCUT2D eigenvalue weighted by Gasteiger charge is 2.03. The number of benzene rings is 2. The van der Waals surface area contributed by atoms with Gasteiger partial charge in [0.05, 0.1) is 6.10 Å². The van der Waals surface area contributed by atoms with E-state index in [1.165, 1.54) is 6.07 Å². The van der Waals surface area contributed by atoms with E-state index in [-0.39, 0.29) is 18.5 Å². The van der Waals surface area contributed by atoms with Gasteiger partial charge >= 0.3 is 0 Å². The van der Waals surface area contributed by atoms with E-state index in [0.717, 1.165) is 5.56 Å². The van der Waals surface area contributed by atoms with Crippen LogP contribution < -0.4 is 10.1 Å². The summed E-state index contributed by atoms with van der Waals surface area (Å²) in [6, 6.07) is 14.2. The smallest absolute Gasteiger partial charge is 0.129 e. The van der Waals surface area contributed by atoms with E-state index in [4.69, 9.17) is 4.74 Å². The Morgan fingerprint density at radius 3 is 2.76 bits per heavy atom. The summed E-state index contributed by atoms with van der Waals surface area (Å²) in [5.41, 5.74) is 1.59. The van der Waals surface area contributed by atoms with Crippen molar-refractivity contribution in [2.75, 3.05) is 6.54 Å². The van der Waals surface area contributed by atoms with Gasteiger partial charge in [-0.1, -0.05) is 30.3 Å². The van der Waals surface area contributed by atoms with Gasteiger partial charge in [-0.15, -0.1) is 0 Å². The van der Waals surface area contributed by atoms with Crippen LogP contribution >= 0.6 is 0 Å². The maximum atomic E-state index is 13.5. The average molecular weight is 289 g/mol. The van der Waals surface area contributed by atoms with Gasteiger partial charge in [0.1, 0.15) is 18.2 Å². The summed E-state index contributed by atoms with van der Waals surface area (Å²) < 4.78 is 19.1. The first kappa shape index (κ1) is 15.5. The molecule has 21 heavy (non-hydrogen) atoms. The second kappa shape index (κ2) is 7.76. The Labute approximate surface area is 124 Å². The van der Waals surface area contributed by atoms with Gasteiger partial charge in [-0.3, -0.25) is 0 Å². The molecular weight excluding hydrogens is 269 g/mol. The second-order valence-electron chi connectivity index (χ2n) is 5.01. The molecule has 0 aliphatic rings. The first-order valence-corrected chi connectivity index (χ1v) is 6.99. The van der Waals surface area contributed by atoms with E-state index in [9.17, 15) is 9.50 Å². The molecule has 0 aliphatic heterocycles. The van der Waals surface area contributed by atoms with E-state index in [2.05, 4.69) is 5.32 Å². The maximum Gasteiger partial charge on any atom is 0.129 e. The highest BCUT2D eigenvalue weighted by molar-refractivity contribution is 5.29. The van der Waals surface area contributed by atoms with Crippen LogP contribution in [-0.4, -0.2) is 17.8 Å². The summed E-state index contributed by atoms with van der Waals surface area (Å²) in [4.78, 5) is 0. The molecule has 0 unspecified atom stereocenters. The van der Waals surface area contributed by atoms with Crippen LogP contribution in [0.15, 0.2) is 48.5 Å². The zero-order valence-electron chi connectivity index (χ0n) is 12.1. The quantitative estimate of drug-likeness (QED) is 0.823. The molecule has 0 amide bonds. The normalized spacial score (nSPS) is 12.1. The molecule has 0 heterocycles. The first-order chi connectivity index (χ1) is 10.1. The molecule has 0 aromatic heterocycles. The van der Waals surface area contributed by atoms with Crippen molar-refractivity contribution >= 4 is 0 Å². The standard InChI is InChI=1S/C17H20FNO2/c1-13(20)10-19-11-14-5-4-7-16(9-14)21-12-15-6-2-3-8-17(15)18/h2-9,13,19-20H,10-12H2,1H3/t13-/m1/s1. The average Bonchev–Trinajstić information content (AvgIpc) is 2.46. The van der Waals surface area contributed by atoms with Crippen LogP contribution in [0.25, 0.3) is 0 Å². The van der Waals surface area contributed by atoms with E-state index >= 15 is 0 Å². The topological polar surface area (TPSA) is 41.5 Å². The maximum absolute atomic E-state index is 13.5. The van der Waals surface area contributed by atoms with Gasteiger partial charge in [0, 0.05) is 18.7 Å². The third kappa shape index (κ3) is 5.17. The first-order valence-electron chi connectivity index (χ1n) is 6.99. The Morgan fingerprint density at radius 1 is 1.19 bits per heavy atom. The summed E-state index contributed by atoms with van der Waals surface area (Å²) >= 11 is 0. The lowest BCUT2D eigenvalue weighted by Gasteiger charge is -2.10. The fourth-order valence-electron chi connectivity index (χ4n) is 1.95. The number of aliphatic hydroxyl groups is 1. The fourth-order valence-corrected chi connectivity index (χ4v) is 1.95. The van der Waals surface area contributed by atoms with Crippen molar-refractivity contribution in [2.24, 2.45) is 0 Å². The van der Waals surface area contributed by atoms with Gasteiger partial charge < -0.3 is 15.2 Å². The molecule has 0 aliphatic carbocycles. The van der Waals surface area contributed by atoms with E-state index in [0.29, 0.717) is 24.4 Å². The fraction of sp³-hybridized carbons (Fsp3) is 0.294. The Bertz CT molecular complexity index is 572. The monoisotopic (exact) mass is 289 g/mol. The minimum atomic E-state index is -0.370. The van der Waals surface area contributed by atoms with Crippen molar-refractivity contribution in [2.45, 2.75) is 26.2 Å². The predicted octanol–water partition coefficient (Wildman–Crippen LogP) is 2.88. The number of halogens is 1. The van der Waals surface area contributed by atoms with Crippen molar-refractivity contribution in [1.29, 1.82) is 0 Å².